The fourth-order valence-corrected chi connectivity index (χ4v) is 3.98. The van der Waals surface area contributed by atoms with Crippen molar-refractivity contribution < 1.29 is 22.8 Å². The lowest BCUT2D eigenvalue weighted by molar-refractivity contribution is -0.137. The fraction of sp³-hybridized carbons (Fsp3) is 0.737. The number of carbonyl (C=O) groups excluding carboxylic acids is 1. The second-order valence-electron chi connectivity index (χ2n) is 5.91. The Hall–Kier alpha value is -0.736. The molecule has 0 aromatic carbocycles. The summed E-state index contributed by atoms with van der Waals surface area (Å²) >= 11 is 0. The number of esters is 1. The van der Waals surface area contributed by atoms with E-state index in [0.29, 0.717) is 18.8 Å². The van der Waals surface area contributed by atoms with Gasteiger partial charge in [0.2, 0.25) is 0 Å². The van der Waals surface area contributed by atoms with Crippen LogP contribution in [-0.4, -0.2) is 50.4 Å². The van der Waals surface area contributed by atoms with E-state index in [1.165, 1.54) is 6.08 Å². The van der Waals surface area contributed by atoms with E-state index in [1.807, 2.05) is 40.7 Å². The van der Waals surface area contributed by atoms with E-state index in [2.05, 4.69) is 26.6 Å². The third kappa shape index (κ3) is 34.6. The van der Waals surface area contributed by atoms with Gasteiger partial charge in [-0.2, -0.15) is 0 Å². The molecule has 0 bridgehead atoms. The lowest BCUT2D eigenvalue weighted by Crippen LogP contribution is -2.25. The Bertz CT molecular complexity index is 313. The fourth-order valence-electron chi connectivity index (χ4n) is 1.48. The first-order valence-electron chi connectivity index (χ1n) is 9.53. The van der Waals surface area contributed by atoms with Crippen LogP contribution in [0.2, 0.25) is 12.6 Å². The minimum Gasteiger partial charge on any atom is -0.463 e. The van der Waals surface area contributed by atoms with Crippen LogP contribution in [0.3, 0.4) is 0 Å². The van der Waals surface area contributed by atoms with Crippen LogP contribution in [0, 0.1) is 0 Å². The van der Waals surface area contributed by atoms with Gasteiger partial charge in [0, 0.05) is 24.9 Å². The Morgan fingerprint density at radius 1 is 1.12 bits per heavy atom. The van der Waals surface area contributed by atoms with E-state index in [-0.39, 0.29) is 15.7 Å². The van der Waals surface area contributed by atoms with Crippen molar-refractivity contribution in [3.05, 3.63) is 25.3 Å². The molecular formula is C19H42O5Si2. The molecule has 0 aromatic heterocycles. The van der Waals surface area contributed by atoms with Gasteiger partial charge in [-0.15, -0.1) is 6.58 Å². The van der Waals surface area contributed by atoms with E-state index in [4.69, 9.17) is 18.0 Å². The van der Waals surface area contributed by atoms with Crippen LogP contribution in [0.1, 0.15) is 54.4 Å². The van der Waals surface area contributed by atoms with Crippen molar-refractivity contribution in [1.82, 2.24) is 0 Å². The first-order valence-corrected chi connectivity index (χ1v) is 13.2. The number of hydrogen-bond acceptors (Lipinski definition) is 5. The zero-order valence-corrected chi connectivity index (χ0v) is 20.7. The molecule has 0 amide bonds. The quantitative estimate of drug-likeness (QED) is 0.162. The Balaban J connectivity index is -0.000000341. The molecule has 156 valence electrons. The lowest BCUT2D eigenvalue weighted by Gasteiger charge is -2.17. The molecule has 0 unspecified atom stereocenters. The predicted octanol–water partition coefficient (Wildman–Crippen LogP) is 3.91. The van der Waals surface area contributed by atoms with Gasteiger partial charge in [-0.05, 0) is 60.1 Å². The van der Waals surface area contributed by atoms with Crippen molar-refractivity contribution in [2.75, 3.05) is 13.2 Å². The monoisotopic (exact) mass is 406 g/mol. The van der Waals surface area contributed by atoms with Crippen LogP contribution in [0.5, 0.6) is 0 Å². The van der Waals surface area contributed by atoms with Crippen molar-refractivity contribution in [2.45, 2.75) is 79.2 Å². The standard InChI is InChI=1S/C8H16O3Si.C7H18O2Si.C4H8/c1-3-8(9)10-6-5-7-12-11-4-2;1-6(2)8-10(5)9-7(3)4;1-3-4-2/h3H,1,4-7,12H2,2H3;6-7,10H,1-5H3;3H,1,4H2,2H3. The molecule has 0 aliphatic heterocycles. The van der Waals surface area contributed by atoms with E-state index in [1.54, 1.807) is 0 Å². The summed E-state index contributed by atoms with van der Waals surface area (Å²) < 4.78 is 21.0. The van der Waals surface area contributed by atoms with Crippen LogP contribution < -0.4 is 0 Å². The van der Waals surface area contributed by atoms with Crippen LogP contribution in [0.25, 0.3) is 0 Å². The Labute approximate surface area is 165 Å². The largest absolute Gasteiger partial charge is 0.463 e. The smallest absolute Gasteiger partial charge is 0.330 e. The molecule has 0 aromatic rings. The first kappa shape index (κ1) is 30.0. The normalized spacial score (nSPS) is 10.4. The summed E-state index contributed by atoms with van der Waals surface area (Å²) in [5.74, 6) is -0.340. The second-order valence-corrected chi connectivity index (χ2v) is 9.11. The average molecular weight is 407 g/mol. The van der Waals surface area contributed by atoms with Gasteiger partial charge in [0.25, 0.3) is 0 Å². The average Bonchev–Trinajstić information content (AvgIpc) is 2.57. The highest BCUT2D eigenvalue weighted by atomic mass is 28.3. The van der Waals surface area contributed by atoms with Crippen molar-refractivity contribution in [3.8, 4) is 0 Å². The molecular weight excluding hydrogens is 364 g/mol. The van der Waals surface area contributed by atoms with Gasteiger partial charge in [-0.3, -0.25) is 0 Å². The maximum atomic E-state index is 10.5. The van der Waals surface area contributed by atoms with Crippen LogP contribution in [-0.2, 0) is 22.8 Å². The second kappa shape index (κ2) is 24.3. The highest BCUT2D eigenvalue weighted by Gasteiger charge is 2.08. The molecule has 0 rings (SSSR count). The molecule has 0 radical (unpaired) electrons. The summed E-state index contributed by atoms with van der Waals surface area (Å²) in [5, 5.41) is 0. The zero-order chi connectivity index (χ0) is 20.8. The van der Waals surface area contributed by atoms with Crippen molar-refractivity contribution in [1.29, 1.82) is 0 Å². The van der Waals surface area contributed by atoms with Gasteiger partial charge in [0.1, 0.15) is 0 Å². The third-order valence-electron chi connectivity index (χ3n) is 2.51. The van der Waals surface area contributed by atoms with Crippen LogP contribution in [0.4, 0.5) is 0 Å². The Kier molecular flexibility index (Phi) is 28.0. The van der Waals surface area contributed by atoms with Crippen LogP contribution >= 0.6 is 0 Å². The molecule has 0 saturated carbocycles. The highest BCUT2D eigenvalue weighted by Crippen LogP contribution is 1.98. The number of ether oxygens (including phenoxy) is 1. The molecule has 26 heavy (non-hydrogen) atoms. The first-order chi connectivity index (χ1) is 12.2. The lowest BCUT2D eigenvalue weighted by atomic mass is 10.5. The highest BCUT2D eigenvalue weighted by molar-refractivity contribution is 6.42. The van der Waals surface area contributed by atoms with Crippen molar-refractivity contribution in [3.63, 3.8) is 0 Å². The van der Waals surface area contributed by atoms with Crippen LogP contribution in [0.15, 0.2) is 25.3 Å². The number of hydrogen-bond donors (Lipinski definition) is 0. The zero-order valence-electron chi connectivity index (χ0n) is 18.1. The van der Waals surface area contributed by atoms with E-state index >= 15 is 0 Å². The number of carbonyl (C=O) groups is 1. The third-order valence-corrected chi connectivity index (χ3v) is 5.86. The van der Waals surface area contributed by atoms with E-state index in [0.717, 1.165) is 25.5 Å². The summed E-state index contributed by atoms with van der Waals surface area (Å²) in [7, 11) is -1.67. The minimum atomic E-state index is -1.32. The predicted molar refractivity (Wildman–Crippen MR) is 117 cm³/mol. The SMILES string of the molecule is C=CC(=O)OCCC[SiH2]OCC.C=CCC.CC(C)O[SiH](C)OC(C)C. The summed E-state index contributed by atoms with van der Waals surface area (Å²) in [6, 6.07) is 1.07. The maximum absolute atomic E-state index is 10.5. The molecule has 0 atom stereocenters. The summed E-state index contributed by atoms with van der Waals surface area (Å²) in [6.45, 7) is 22.3. The topological polar surface area (TPSA) is 54.0 Å². The minimum absolute atomic E-state index is 0.306. The summed E-state index contributed by atoms with van der Waals surface area (Å²) in [6.07, 6.45) is 5.66. The van der Waals surface area contributed by atoms with E-state index in [9.17, 15) is 4.79 Å². The molecule has 0 aliphatic carbocycles. The van der Waals surface area contributed by atoms with Gasteiger partial charge >= 0.3 is 15.3 Å². The molecule has 5 nitrogen and oxygen atoms in total. The van der Waals surface area contributed by atoms with Gasteiger partial charge in [0.05, 0.1) is 6.61 Å². The summed E-state index contributed by atoms with van der Waals surface area (Å²) in [4.78, 5) is 10.5. The summed E-state index contributed by atoms with van der Waals surface area (Å²) in [5.41, 5.74) is 0. The van der Waals surface area contributed by atoms with Gasteiger partial charge in [-0.25, -0.2) is 4.79 Å². The van der Waals surface area contributed by atoms with Crippen molar-refractivity contribution >= 4 is 25.0 Å². The molecule has 0 heterocycles. The van der Waals surface area contributed by atoms with E-state index < -0.39 is 9.28 Å². The molecule has 7 heteroatoms. The number of allylic oxidation sites excluding steroid dienone is 1. The number of rotatable bonds is 12. The maximum Gasteiger partial charge on any atom is 0.330 e. The molecule has 0 spiro atoms. The molecule has 0 fully saturated rings. The van der Waals surface area contributed by atoms with Gasteiger partial charge in [0.15, 0.2) is 9.76 Å². The Morgan fingerprint density at radius 2 is 1.62 bits per heavy atom. The molecule has 0 saturated heterocycles. The van der Waals surface area contributed by atoms with Gasteiger partial charge in [-0.1, -0.05) is 19.6 Å². The van der Waals surface area contributed by atoms with Crippen molar-refractivity contribution in [2.24, 2.45) is 0 Å². The van der Waals surface area contributed by atoms with Gasteiger partial charge < -0.3 is 18.0 Å². The Morgan fingerprint density at radius 3 is 1.96 bits per heavy atom. The molecule has 0 aliphatic rings. The molecule has 0 N–H and O–H groups in total.